The molecule has 2 aliphatic carbocycles. The molecule has 2 aliphatic rings. The average molecular weight is 450 g/mol. The van der Waals surface area contributed by atoms with Crippen LogP contribution in [0.25, 0.3) is 27.7 Å². The lowest BCUT2D eigenvalue weighted by Crippen LogP contribution is -2.28. The van der Waals surface area contributed by atoms with Gasteiger partial charge in [0.15, 0.2) is 5.82 Å². The van der Waals surface area contributed by atoms with E-state index in [-0.39, 0.29) is 11.8 Å². The molecular formula is C26H23N7O. The molecule has 168 valence electrons. The molecular weight excluding hydrogens is 426 g/mol. The van der Waals surface area contributed by atoms with Gasteiger partial charge in [-0.3, -0.25) is 19.7 Å². The van der Waals surface area contributed by atoms with Crippen LogP contribution < -0.4 is 5.32 Å². The second kappa shape index (κ2) is 8.30. The molecule has 1 atom stereocenters. The number of amides is 1. The Hall–Kier alpha value is -4.20. The van der Waals surface area contributed by atoms with E-state index in [1.165, 1.54) is 0 Å². The van der Waals surface area contributed by atoms with Crippen molar-refractivity contribution in [1.82, 2.24) is 35.0 Å². The summed E-state index contributed by atoms with van der Waals surface area (Å²) in [5, 5.41) is 11.5. The number of nitrogens with one attached hydrogen (secondary N) is 1. The van der Waals surface area contributed by atoms with Gasteiger partial charge in [-0.25, -0.2) is 0 Å². The number of rotatable bonds is 5. The van der Waals surface area contributed by atoms with Crippen molar-refractivity contribution in [3.8, 4) is 11.1 Å². The fourth-order valence-electron chi connectivity index (χ4n) is 4.22. The van der Waals surface area contributed by atoms with Gasteiger partial charge in [0.05, 0.1) is 11.0 Å². The normalized spacial score (nSPS) is 17.9. The number of hydrogen-bond acceptors (Lipinski definition) is 6. The minimum absolute atomic E-state index is 0.184. The van der Waals surface area contributed by atoms with Gasteiger partial charge in [-0.2, -0.15) is 0 Å². The maximum absolute atomic E-state index is 13.1. The molecule has 1 fully saturated rings. The molecule has 0 bridgehead atoms. The third-order valence-corrected chi connectivity index (χ3v) is 6.34. The fraction of sp³-hybridized carbons (Fsp3) is 0.231. The first-order valence-corrected chi connectivity index (χ1v) is 11.5. The molecule has 0 spiro atoms. The topological polar surface area (TPSA) is 98.5 Å². The molecule has 1 N–H and O–H groups in total. The van der Waals surface area contributed by atoms with Crippen molar-refractivity contribution in [3.63, 3.8) is 0 Å². The minimum Gasteiger partial charge on any atom is -0.324 e. The van der Waals surface area contributed by atoms with Gasteiger partial charge in [0.2, 0.25) is 0 Å². The highest BCUT2D eigenvalue weighted by atomic mass is 16.1. The molecule has 4 aromatic rings. The highest BCUT2D eigenvalue weighted by Gasteiger charge is 2.28. The Balaban J connectivity index is 1.25. The van der Waals surface area contributed by atoms with Crippen LogP contribution in [-0.2, 0) is 0 Å². The molecule has 4 heterocycles. The Morgan fingerprint density at radius 3 is 2.85 bits per heavy atom. The highest BCUT2D eigenvalue weighted by Crippen LogP contribution is 2.37. The van der Waals surface area contributed by atoms with Crippen molar-refractivity contribution in [2.75, 3.05) is 0 Å². The van der Waals surface area contributed by atoms with Crippen LogP contribution in [-0.4, -0.2) is 35.6 Å². The molecule has 1 amide bonds. The Kier molecular flexibility index (Phi) is 4.98. The lowest BCUT2D eigenvalue weighted by atomic mass is 9.94. The van der Waals surface area contributed by atoms with Gasteiger partial charge in [-0.05, 0) is 67.2 Å². The first-order chi connectivity index (χ1) is 16.7. The van der Waals surface area contributed by atoms with E-state index in [9.17, 15) is 4.79 Å². The molecule has 4 aromatic heterocycles. The van der Waals surface area contributed by atoms with Crippen LogP contribution in [0.15, 0.2) is 73.1 Å². The lowest BCUT2D eigenvalue weighted by molar-refractivity contribution is 0.0957. The van der Waals surface area contributed by atoms with Crippen LogP contribution in [0.3, 0.4) is 0 Å². The van der Waals surface area contributed by atoms with E-state index in [0.717, 1.165) is 58.5 Å². The van der Waals surface area contributed by atoms with E-state index in [0.29, 0.717) is 11.7 Å². The van der Waals surface area contributed by atoms with Crippen LogP contribution in [0.5, 0.6) is 0 Å². The molecule has 6 rings (SSSR count). The van der Waals surface area contributed by atoms with Crippen molar-refractivity contribution in [1.29, 1.82) is 0 Å². The quantitative estimate of drug-likeness (QED) is 0.486. The summed E-state index contributed by atoms with van der Waals surface area (Å²) in [4.78, 5) is 26.3. The highest BCUT2D eigenvalue weighted by molar-refractivity contribution is 5.95. The zero-order valence-electron chi connectivity index (χ0n) is 18.7. The van der Waals surface area contributed by atoms with Crippen molar-refractivity contribution in [2.24, 2.45) is 5.92 Å². The van der Waals surface area contributed by atoms with Crippen LogP contribution in [0.4, 0.5) is 0 Å². The summed E-state index contributed by atoms with van der Waals surface area (Å²) in [6, 6.07) is 9.90. The average Bonchev–Trinajstić information content (AvgIpc) is 3.61. The summed E-state index contributed by atoms with van der Waals surface area (Å²) in [7, 11) is 0. The van der Waals surface area contributed by atoms with Crippen LogP contribution in [0, 0.1) is 5.92 Å². The molecule has 1 saturated carbocycles. The molecule has 0 aromatic carbocycles. The molecule has 8 nitrogen and oxygen atoms in total. The Morgan fingerprint density at radius 2 is 1.97 bits per heavy atom. The molecule has 34 heavy (non-hydrogen) atoms. The van der Waals surface area contributed by atoms with Crippen molar-refractivity contribution in [3.05, 3.63) is 84.6 Å². The Labute approximate surface area is 196 Å². The number of carbonyl (C=O) groups is 1. The summed E-state index contributed by atoms with van der Waals surface area (Å²) in [5.41, 5.74) is 5.59. The van der Waals surface area contributed by atoms with Gasteiger partial charge in [0.25, 0.3) is 5.91 Å². The van der Waals surface area contributed by atoms with E-state index < -0.39 is 0 Å². The summed E-state index contributed by atoms with van der Waals surface area (Å²) >= 11 is 0. The first kappa shape index (κ1) is 20.4. The van der Waals surface area contributed by atoms with Gasteiger partial charge < -0.3 is 9.88 Å². The van der Waals surface area contributed by atoms with Crippen LogP contribution in [0.2, 0.25) is 0 Å². The number of hydrogen-bond donors (Lipinski definition) is 1. The van der Waals surface area contributed by atoms with E-state index in [1.807, 2.05) is 30.3 Å². The molecule has 0 aliphatic heterocycles. The van der Waals surface area contributed by atoms with Gasteiger partial charge in [-0.15, -0.1) is 10.2 Å². The van der Waals surface area contributed by atoms with Gasteiger partial charge in [0.1, 0.15) is 12.0 Å². The number of fused-ring (bicyclic) bond motifs is 1. The van der Waals surface area contributed by atoms with Crippen molar-refractivity contribution >= 4 is 22.5 Å². The molecule has 1 unspecified atom stereocenters. The van der Waals surface area contributed by atoms with E-state index in [2.05, 4.69) is 48.0 Å². The standard InChI is InChI=1S/C26H23N7O/c1-16-4-5-18(25-32-30-15-33(25)20-6-7-20)12-22(16)31-26(34)24-11-17(8-10-28-24)19-13-23-21(29-14-19)3-2-9-27-23/h2-3,5,8-16,20H,4,6-7H2,1H3,(H,31,34). The van der Waals surface area contributed by atoms with Gasteiger partial charge >= 0.3 is 0 Å². The summed E-state index contributed by atoms with van der Waals surface area (Å²) in [5.74, 6) is 0.805. The SMILES string of the molecule is CC1CC=C(c2nncn2C2CC2)C=C1NC(=O)c1cc(-c2cnc3cccnc3c2)ccn1. The lowest BCUT2D eigenvalue weighted by Gasteiger charge is -2.21. The van der Waals surface area contributed by atoms with Crippen molar-refractivity contribution in [2.45, 2.75) is 32.2 Å². The summed E-state index contributed by atoms with van der Waals surface area (Å²) in [6.07, 6.45) is 14.3. The smallest absolute Gasteiger partial charge is 0.274 e. The number of allylic oxidation sites excluding steroid dienone is 4. The maximum Gasteiger partial charge on any atom is 0.274 e. The number of pyridine rings is 3. The summed E-state index contributed by atoms with van der Waals surface area (Å²) in [6.45, 7) is 2.10. The first-order valence-electron chi connectivity index (χ1n) is 11.5. The fourth-order valence-corrected chi connectivity index (χ4v) is 4.22. The molecule has 0 radical (unpaired) electrons. The van der Waals surface area contributed by atoms with E-state index >= 15 is 0 Å². The van der Waals surface area contributed by atoms with Gasteiger partial charge in [0, 0.05) is 41.5 Å². The maximum atomic E-state index is 13.1. The second-order valence-corrected chi connectivity index (χ2v) is 8.84. The number of carbonyl (C=O) groups excluding carboxylic acids is 1. The largest absolute Gasteiger partial charge is 0.324 e. The van der Waals surface area contributed by atoms with Gasteiger partial charge in [-0.1, -0.05) is 13.0 Å². The third kappa shape index (κ3) is 3.87. The number of aromatic nitrogens is 6. The Bertz CT molecular complexity index is 1460. The van der Waals surface area contributed by atoms with Crippen LogP contribution in [0.1, 0.15) is 48.5 Å². The predicted octanol–water partition coefficient (Wildman–Crippen LogP) is 4.36. The van der Waals surface area contributed by atoms with E-state index in [4.69, 9.17) is 0 Å². The molecule has 8 heteroatoms. The zero-order valence-corrected chi connectivity index (χ0v) is 18.7. The monoisotopic (exact) mass is 449 g/mol. The second-order valence-electron chi connectivity index (χ2n) is 8.84. The Morgan fingerprint density at radius 1 is 1.06 bits per heavy atom. The predicted molar refractivity (Wildman–Crippen MR) is 128 cm³/mol. The van der Waals surface area contributed by atoms with Crippen molar-refractivity contribution < 1.29 is 4.79 Å². The number of nitrogens with zero attached hydrogens (tertiary/aromatic N) is 6. The molecule has 0 saturated heterocycles. The zero-order chi connectivity index (χ0) is 23.1. The van der Waals surface area contributed by atoms with E-state index in [1.54, 1.807) is 31.0 Å². The van der Waals surface area contributed by atoms with Crippen LogP contribution >= 0.6 is 0 Å². The third-order valence-electron chi connectivity index (χ3n) is 6.34. The summed E-state index contributed by atoms with van der Waals surface area (Å²) < 4.78 is 2.13. The minimum atomic E-state index is -0.239.